The zero-order chi connectivity index (χ0) is 21.0. The van der Waals surface area contributed by atoms with Crippen molar-refractivity contribution in [2.45, 2.75) is 32.2 Å². The lowest BCUT2D eigenvalue weighted by molar-refractivity contribution is 0.447. The van der Waals surface area contributed by atoms with E-state index in [1.807, 2.05) is 13.1 Å². The van der Waals surface area contributed by atoms with E-state index >= 15 is 0 Å². The van der Waals surface area contributed by atoms with Crippen LogP contribution in [0.1, 0.15) is 31.2 Å². The average Bonchev–Trinajstić information content (AvgIpc) is 3.44. The quantitative estimate of drug-likeness (QED) is 0.438. The highest BCUT2D eigenvalue weighted by molar-refractivity contribution is 9.10. The van der Waals surface area contributed by atoms with Gasteiger partial charge < -0.3 is 9.47 Å². The van der Waals surface area contributed by atoms with Crippen LogP contribution in [0.5, 0.6) is 0 Å². The Morgan fingerprint density at radius 3 is 2.73 bits per heavy atom. The minimum Gasteiger partial charge on any atom is -0.357 e. The number of hydrogen-bond donors (Lipinski definition) is 0. The average molecular weight is 468 g/mol. The molecule has 0 unspecified atom stereocenters. The maximum atomic E-state index is 14.1. The highest BCUT2D eigenvalue weighted by Gasteiger charge is 2.43. The van der Waals surface area contributed by atoms with E-state index < -0.39 is 0 Å². The van der Waals surface area contributed by atoms with Gasteiger partial charge in [-0.2, -0.15) is 10.2 Å². The Bertz CT molecular complexity index is 1250. The van der Waals surface area contributed by atoms with Gasteiger partial charge in [0.15, 0.2) is 0 Å². The van der Waals surface area contributed by atoms with Crippen molar-refractivity contribution in [3.8, 4) is 5.69 Å². The molecule has 153 valence electrons. The van der Waals surface area contributed by atoms with Crippen LogP contribution < -0.4 is 4.90 Å². The predicted octanol–water partition coefficient (Wildman–Crippen LogP) is 4.68. The molecule has 0 amide bonds. The largest absolute Gasteiger partial charge is 0.357 e. The lowest BCUT2D eigenvalue weighted by Crippen LogP contribution is -2.41. The van der Waals surface area contributed by atoms with Crippen LogP contribution in [0.2, 0.25) is 0 Å². The number of imidazole rings is 1. The highest BCUT2D eigenvalue weighted by Crippen LogP contribution is 2.44. The van der Waals surface area contributed by atoms with Crippen LogP contribution >= 0.6 is 15.9 Å². The Kier molecular flexibility index (Phi) is 4.43. The van der Waals surface area contributed by atoms with Crippen molar-refractivity contribution in [2.75, 3.05) is 11.4 Å². The smallest absolute Gasteiger partial charge is 0.139 e. The summed E-state index contributed by atoms with van der Waals surface area (Å²) in [6.07, 6.45) is 5.29. The molecule has 1 saturated heterocycles. The lowest BCUT2D eigenvalue weighted by Gasteiger charge is -2.37. The molecule has 30 heavy (non-hydrogen) atoms. The van der Waals surface area contributed by atoms with Gasteiger partial charge in [0.2, 0.25) is 0 Å². The molecule has 0 N–H and O–H groups in total. The number of anilines is 1. The van der Waals surface area contributed by atoms with Gasteiger partial charge in [0.05, 0.1) is 39.1 Å². The number of hydrogen-bond acceptors (Lipinski definition) is 4. The van der Waals surface area contributed by atoms with E-state index in [1.165, 1.54) is 6.07 Å². The number of benzene rings is 2. The number of aromatic nitrogens is 5. The normalized spacial score (nSPS) is 19.2. The van der Waals surface area contributed by atoms with Crippen molar-refractivity contribution < 1.29 is 4.39 Å². The molecule has 1 aliphatic heterocycles. The van der Waals surface area contributed by atoms with Gasteiger partial charge in [-0.15, -0.1) is 4.80 Å². The van der Waals surface area contributed by atoms with Gasteiger partial charge in [0.1, 0.15) is 17.3 Å². The molecule has 0 bridgehead atoms. The molecule has 6 nitrogen and oxygen atoms in total. The van der Waals surface area contributed by atoms with Gasteiger partial charge >= 0.3 is 0 Å². The Hall–Kier alpha value is -2.74. The Morgan fingerprint density at radius 1 is 1.20 bits per heavy atom. The SMILES string of the molecule is Cc1c[c]c(-n2nccn2)c(N2CCC[C@@]2(C)c2nc3cc(F)c(Br)cc3n2C)c1. The van der Waals surface area contributed by atoms with E-state index in [9.17, 15) is 4.39 Å². The van der Waals surface area contributed by atoms with Crippen LogP contribution in [-0.2, 0) is 12.6 Å². The minimum absolute atomic E-state index is 0.305. The van der Waals surface area contributed by atoms with Gasteiger partial charge in [-0.3, -0.25) is 0 Å². The van der Waals surface area contributed by atoms with Gasteiger partial charge in [-0.1, -0.05) is 0 Å². The molecule has 1 atom stereocenters. The highest BCUT2D eigenvalue weighted by atomic mass is 79.9. The molecule has 0 aliphatic carbocycles. The number of fused-ring (bicyclic) bond motifs is 1. The fraction of sp³-hybridized carbons (Fsp3) is 0.318. The fourth-order valence-corrected chi connectivity index (χ4v) is 4.86. The maximum Gasteiger partial charge on any atom is 0.139 e. The van der Waals surface area contributed by atoms with Gasteiger partial charge in [0.25, 0.3) is 0 Å². The molecule has 3 heterocycles. The monoisotopic (exact) mass is 467 g/mol. The molecule has 2 aromatic heterocycles. The van der Waals surface area contributed by atoms with Crippen LogP contribution in [0.25, 0.3) is 16.7 Å². The molecule has 8 heteroatoms. The third kappa shape index (κ3) is 2.85. The van der Waals surface area contributed by atoms with Crippen molar-refractivity contribution in [2.24, 2.45) is 7.05 Å². The third-order valence-electron chi connectivity index (χ3n) is 6.00. The summed E-state index contributed by atoms with van der Waals surface area (Å²) in [6.45, 7) is 5.14. The second-order valence-corrected chi connectivity index (χ2v) is 8.86. The Balaban J connectivity index is 1.69. The second-order valence-electron chi connectivity index (χ2n) is 8.01. The molecule has 1 fully saturated rings. The van der Waals surface area contributed by atoms with E-state index in [-0.39, 0.29) is 11.4 Å². The summed E-state index contributed by atoms with van der Waals surface area (Å²) in [6, 6.07) is 10.7. The number of aryl methyl sites for hydroxylation is 2. The van der Waals surface area contributed by atoms with Crippen LogP contribution in [0.3, 0.4) is 0 Å². The van der Waals surface area contributed by atoms with Crippen molar-refractivity contribution in [1.82, 2.24) is 24.5 Å². The first-order valence-corrected chi connectivity index (χ1v) is 10.7. The summed E-state index contributed by atoms with van der Waals surface area (Å²) in [5.74, 6) is 0.606. The molecule has 1 aliphatic rings. The van der Waals surface area contributed by atoms with E-state index in [0.717, 1.165) is 47.7 Å². The van der Waals surface area contributed by atoms with Crippen LogP contribution in [0.15, 0.2) is 41.1 Å². The molecule has 0 saturated carbocycles. The standard InChI is InChI=1S/C22H21BrFN6/c1-14-5-6-18(30-25-8-9-26-30)20(11-14)29-10-4-7-22(29,2)21-27-17-13-16(24)15(23)12-19(17)28(21)3/h5,8-9,11-13H,4,7,10H2,1-3H3/t22-/m0/s1. The van der Waals surface area contributed by atoms with Crippen molar-refractivity contribution >= 4 is 32.7 Å². The van der Waals surface area contributed by atoms with E-state index in [2.05, 4.69) is 61.6 Å². The zero-order valence-corrected chi connectivity index (χ0v) is 18.6. The van der Waals surface area contributed by atoms with Gasteiger partial charge in [0, 0.05) is 25.7 Å². The third-order valence-corrected chi connectivity index (χ3v) is 6.61. The fourth-order valence-electron chi connectivity index (χ4n) is 4.53. The molecular formula is C22H21BrFN6. The second kappa shape index (κ2) is 6.91. The molecule has 5 rings (SSSR count). The van der Waals surface area contributed by atoms with Gasteiger partial charge in [-0.25, -0.2) is 9.37 Å². The maximum absolute atomic E-state index is 14.1. The van der Waals surface area contributed by atoms with Crippen molar-refractivity contribution in [3.63, 3.8) is 0 Å². The predicted molar refractivity (Wildman–Crippen MR) is 117 cm³/mol. The summed E-state index contributed by atoms with van der Waals surface area (Å²) in [4.78, 5) is 8.84. The van der Waals surface area contributed by atoms with E-state index in [4.69, 9.17) is 4.98 Å². The summed E-state index contributed by atoms with van der Waals surface area (Å²) in [5, 5.41) is 8.64. The van der Waals surface area contributed by atoms with E-state index in [1.54, 1.807) is 23.3 Å². The first-order chi connectivity index (χ1) is 14.4. The Morgan fingerprint density at radius 2 is 1.97 bits per heavy atom. The molecule has 0 spiro atoms. The summed E-state index contributed by atoms with van der Waals surface area (Å²) in [7, 11) is 2.00. The van der Waals surface area contributed by atoms with Gasteiger partial charge in [-0.05, 0) is 66.4 Å². The topological polar surface area (TPSA) is 51.8 Å². The first kappa shape index (κ1) is 19.2. The summed E-state index contributed by atoms with van der Waals surface area (Å²) >= 11 is 3.30. The van der Waals surface area contributed by atoms with Crippen molar-refractivity contribution in [3.05, 3.63) is 64.4 Å². The van der Waals surface area contributed by atoms with Crippen LogP contribution in [0, 0.1) is 18.8 Å². The van der Waals surface area contributed by atoms with E-state index in [0.29, 0.717) is 9.99 Å². The van der Waals surface area contributed by atoms with Crippen LogP contribution in [0.4, 0.5) is 10.1 Å². The minimum atomic E-state index is -0.361. The lowest BCUT2D eigenvalue weighted by atomic mass is 9.96. The number of nitrogens with zero attached hydrogens (tertiary/aromatic N) is 6. The summed E-state index contributed by atoms with van der Waals surface area (Å²) < 4.78 is 16.6. The number of rotatable bonds is 3. The molecule has 2 aromatic carbocycles. The zero-order valence-electron chi connectivity index (χ0n) is 17.0. The molecular weight excluding hydrogens is 447 g/mol. The first-order valence-electron chi connectivity index (χ1n) is 9.87. The number of halogens is 2. The summed E-state index contributed by atoms with van der Waals surface area (Å²) in [5.41, 5.74) is 4.14. The molecule has 4 aromatic rings. The van der Waals surface area contributed by atoms with Crippen molar-refractivity contribution in [1.29, 1.82) is 0 Å². The van der Waals surface area contributed by atoms with Crippen LogP contribution in [-0.4, -0.2) is 31.1 Å². The molecule has 1 radical (unpaired) electrons. The Labute approximate surface area is 182 Å².